The molecule has 0 N–H and O–H groups in total. The van der Waals surface area contributed by atoms with E-state index < -0.39 is 0 Å². The summed E-state index contributed by atoms with van der Waals surface area (Å²) in [6.07, 6.45) is 12.5. The summed E-state index contributed by atoms with van der Waals surface area (Å²) in [6, 6.07) is 0. The van der Waals surface area contributed by atoms with Crippen LogP contribution < -0.4 is 0 Å². The van der Waals surface area contributed by atoms with Crippen LogP contribution in [-0.4, -0.2) is 0 Å². The van der Waals surface area contributed by atoms with Gasteiger partial charge in [-0.05, 0) is 54.6 Å². The molecule has 0 radical (unpaired) electrons. The van der Waals surface area contributed by atoms with Crippen molar-refractivity contribution in [1.82, 2.24) is 0 Å². The van der Waals surface area contributed by atoms with Gasteiger partial charge < -0.3 is 0 Å². The van der Waals surface area contributed by atoms with Crippen LogP contribution in [0.2, 0.25) is 0 Å². The molecule has 1 aliphatic rings. The number of allylic oxidation sites excluding steroid dienone is 10. The van der Waals surface area contributed by atoms with Gasteiger partial charge in [-0.3, -0.25) is 0 Å². The van der Waals surface area contributed by atoms with Crippen LogP contribution in [0.25, 0.3) is 0 Å². The summed E-state index contributed by atoms with van der Waals surface area (Å²) >= 11 is 0. The summed E-state index contributed by atoms with van der Waals surface area (Å²) in [6.45, 7) is 14.5. The predicted molar refractivity (Wildman–Crippen MR) is 77.9 cm³/mol. The third-order valence-electron chi connectivity index (χ3n) is 3.30. The van der Waals surface area contributed by atoms with E-state index in [1.807, 2.05) is 6.08 Å². The van der Waals surface area contributed by atoms with Gasteiger partial charge in [-0.1, -0.05) is 50.5 Å². The molecule has 90 valence electrons. The van der Waals surface area contributed by atoms with Crippen LogP contribution >= 0.6 is 0 Å². The normalized spacial score (nSPS) is 16.6. The van der Waals surface area contributed by atoms with E-state index in [1.165, 1.54) is 22.3 Å². The zero-order chi connectivity index (χ0) is 12.8. The lowest BCUT2D eigenvalue weighted by atomic mass is 9.90. The van der Waals surface area contributed by atoms with Crippen molar-refractivity contribution in [2.45, 2.75) is 33.6 Å². The van der Waals surface area contributed by atoms with Crippen molar-refractivity contribution in [3.8, 4) is 0 Å². The molecule has 17 heavy (non-hydrogen) atoms. The molecule has 0 saturated carbocycles. The quantitative estimate of drug-likeness (QED) is 0.559. The highest BCUT2D eigenvalue weighted by Crippen LogP contribution is 2.30. The highest BCUT2D eigenvalue weighted by molar-refractivity contribution is 5.55. The van der Waals surface area contributed by atoms with Crippen molar-refractivity contribution >= 4 is 0 Å². The van der Waals surface area contributed by atoms with Gasteiger partial charge in [0.15, 0.2) is 0 Å². The minimum Gasteiger partial charge on any atom is -0.0985 e. The monoisotopic (exact) mass is 226 g/mol. The Hall–Kier alpha value is -1.56. The first-order valence-corrected chi connectivity index (χ1v) is 6.19. The molecule has 0 aromatic rings. The topological polar surface area (TPSA) is 0 Å². The maximum absolute atomic E-state index is 4.23. The highest BCUT2D eigenvalue weighted by atomic mass is 14.2. The summed E-state index contributed by atoms with van der Waals surface area (Å²) in [5, 5.41) is 0. The summed E-state index contributed by atoms with van der Waals surface area (Å²) in [4.78, 5) is 0. The van der Waals surface area contributed by atoms with Crippen molar-refractivity contribution < 1.29 is 0 Å². The molecule has 0 amide bonds. The van der Waals surface area contributed by atoms with Gasteiger partial charge in [0.2, 0.25) is 0 Å². The number of rotatable bonds is 5. The first-order valence-electron chi connectivity index (χ1n) is 6.19. The minimum atomic E-state index is 1.01. The van der Waals surface area contributed by atoms with Gasteiger partial charge in [-0.25, -0.2) is 0 Å². The lowest BCUT2D eigenvalue weighted by Gasteiger charge is -2.15. The van der Waals surface area contributed by atoms with Gasteiger partial charge in [-0.15, -0.1) is 0 Å². The van der Waals surface area contributed by atoms with Crippen LogP contribution in [0.5, 0.6) is 0 Å². The fraction of sp³-hybridized carbons (Fsp3) is 0.294. The van der Waals surface area contributed by atoms with E-state index >= 15 is 0 Å². The minimum absolute atomic E-state index is 1.01. The average Bonchev–Trinajstić information content (AvgIpc) is 2.87. The van der Waals surface area contributed by atoms with E-state index in [-0.39, 0.29) is 0 Å². The van der Waals surface area contributed by atoms with E-state index in [2.05, 4.69) is 58.2 Å². The van der Waals surface area contributed by atoms with Crippen molar-refractivity contribution in [2.75, 3.05) is 0 Å². The first-order chi connectivity index (χ1) is 8.15. The fourth-order valence-electron chi connectivity index (χ4n) is 2.20. The largest absolute Gasteiger partial charge is 0.0985 e. The molecule has 0 aliphatic heterocycles. The molecule has 0 heterocycles. The SMILES string of the molecule is C=CC(=CC)/C(CC)=C(/C)C(=C)C1=CC=CC1. The Balaban J connectivity index is 3.08. The Kier molecular flexibility index (Phi) is 4.96. The molecule has 0 saturated heterocycles. The average molecular weight is 226 g/mol. The maximum atomic E-state index is 4.23. The van der Waals surface area contributed by atoms with Gasteiger partial charge in [0, 0.05) is 0 Å². The molecule has 1 rings (SSSR count). The second kappa shape index (κ2) is 6.24. The Labute approximate surface area is 105 Å². The van der Waals surface area contributed by atoms with E-state index in [0.29, 0.717) is 0 Å². The predicted octanol–water partition coefficient (Wildman–Crippen LogP) is 5.29. The van der Waals surface area contributed by atoms with Crippen molar-refractivity contribution in [2.24, 2.45) is 0 Å². The Bertz CT molecular complexity index is 437. The molecular formula is C17H22. The lowest BCUT2D eigenvalue weighted by Crippen LogP contribution is -1.96. The van der Waals surface area contributed by atoms with Crippen LogP contribution in [0.4, 0.5) is 0 Å². The summed E-state index contributed by atoms with van der Waals surface area (Å²) in [5.41, 5.74) is 6.34. The molecule has 0 spiro atoms. The van der Waals surface area contributed by atoms with Crippen LogP contribution in [0.15, 0.2) is 71.4 Å². The molecule has 0 bridgehead atoms. The summed E-state index contributed by atoms with van der Waals surface area (Å²) in [5.74, 6) is 0. The van der Waals surface area contributed by atoms with Crippen LogP contribution in [-0.2, 0) is 0 Å². The third kappa shape index (κ3) is 2.97. The van der Waals surface area contributed by atoms with E-state index in [9.17, 15) is 0 Å². The fourth-order valence-corrected chi connectivity index (χ4v) is 2.20. The molecule has 0 heteroatoms. The molecule has 0 fully saturated rings. The first kappa shape index (κ1) is 13.5. The second-order valence-corrected chi connectivity index (χ2v) is 4.21. The Morgan fingerprint density at radius 2 is 2.18 bits per heavy atom. The van der Waals surface area contributed by atoms with Crippen molar-refractivity contribution in [3.05, 3.63) is 71.4 Å². The Morgan fingerprint density at radius 1 is 1.47 bits per heavy atom. The lowest BCUT2D eigenvalue weighted by molar-refractivity contribution is 1.08. The van der Waals surface area contributed by atoms with Crippen LogP contribution in [0.1, 0.15) is 33.6 Å². The van der Waals surface area contributed by atoms with Gasteiger partial charge in [-0.2, -0.15) is 0 Å². The Morgan fingerprint density at radius 3 is 2.59 bits per heavy atom. The van der Waals surface area contributed by atoms with Gasteiger partial charge in [0.05, 0.1) is 0 Å². The van der Waals surface area contributed by atoms with Crippen LogP contribution in [0, 0.1) is 0 Å². The molecule has 0 aromatic heterocycles. The second-order valence-electron chi connectivity index (χ2n) is 4.21. The van der Waals surface area contributed by atoms with E-state index in [1.54, 1.807) is 0 Å². The molecule has 0 nitrogen and oxygen atoms in total. The molecule has 0 atom stereocenters. The maximum Gasteiger partial charge on any atom is -0.00885 e. The molecule has 0 aromatic carbocycles. The van der Waals surface area contributed by atoms with Crippen molar-refractivity contribution in [1.29, 1.82) is 0 Å². The van der Waals surface area contributed by atoms with Gasteiger partial charge in [0.25, 0.3) is 0 Å². The molecular weight excluding hydrogens is 204 g/mol. The molecule has 0 unspecified atom stereocenters. The highest BCUT2D eigenvalue weighted by Gasteiger charge is 2.11. The zero-order valence-corrected chi connectivity index (χ0v) is 11.2. The standard InChI is InChI=1S/C17H22/c1-6-15(7-2)17(8-3)14(5)13(4)16-11-9-10-12-16/h6-7,9-11H,1,4,8,12H2,2-3,5H3/b15-7?,17-14-. The van der Waals surface area contributed by atoms with Gasteiger partial charge >= 0.3 is 0 Å². The number of hydrogen-bond acceptors (Lipinski definition) is 0. The number of hydrogen-bond donors (Lipinski definition) is 0. The summed E-state index contributed by atoms with van der Waals surface area (Å²) in [7, 11) is 0. The summed E-state index contributed by atoms with van der Waals surface area (Å²) < 4.78 is 0. The smallest absolute Gasteiger partial charge is 0.00885 e. The van der Waals surface area contributed by atoms with E-state index in [0.717, 1.165) is 18.4 Å². The van der Waals surface area contributed by atoms with Crippen LogP contribution in [0.3, 0.4) is 0 Å². The third-order valence-corrected chi connectivity index (χ3v) is 3.30. The van der Waals surface area contributed by atoms with Crippen molar-refractivity contribution in [3.63, 3.8) is 0 Å². The van der Waals surface area contributed by atoms with E-state index in [4.69, 9.17) is 0 Å². The molecule has 1 aliphatic carbocycles. The zero-order valence-electron chi connectivity index (χ0n) is 11.2. The van der Waals surface area contributed by atoms with Gasteiger partial charge in [0.1, 0.15) is 0 Å².